The van der Waals surface area contributed by atoms with Crippen molar-refractivity contribution < 1.29 is 4.79 Å². The second-order valence-electron chi connectivity index (χ2n) is 5.16. The molecule has 21 heavy (non-hydrogen) atoms. The van der Waals surface area contributed by atoms with E-state index in [4.69, 9.17) is 0 Å². The lowest BCUT2D eigenvalue weighted by Crippen LogP contribution is -2.41. The molecule has 1 fully saturated rings. The third-order valence-corrected chi connectivity index (χ3v) is 3.85. The van der Waals surface area contributed by atoms with Gasteiger partial charge in [0.1, 0.15) is 19.0 Å². The number of aromatic nitrogens is 5. The molecule has 1 atom stereocenters. The molecule has 1 aliphatic rings. The second-order valence-corrected chi connectivity index (χ2v) is 5.16. The van der Waals surface area contributed by atoms with Crippen LogP contribution in [0.15, 0.2) is 25.2 Å². The number of piperidine rings is 1. The molecule has 0 aromatic carbocycles. The van der Waals surface area contributed by atoms with Gasteiger partial charge in [-0.25, -0.2) is 19.6 Å². The highest BCUT2D eigenvalue weighted by Gasteiger charge is 2.27. The number of likely N-dealkylation sites (tertiary alicyclic amines) is 1. The molecule has 0 N–H and O–H groups in total. The van der Waals surface area contributed by atoms with Gasteiger partial charge in [0.05, 0.1) is 17.3 Å². The van der Waals surface area contributed by atoms with Gasteiger partial charge in [0.15, 0.2) is 0 Å². The zero-order valence-electron chi connectivity index (χ0n) is 12.0. The fraction of sp³-hybridized carbons (Fsp3) is 0.500. The van der Waals surface area contributed by atoms with Crippen LogP contribution >= 0.6 is 0 Å². The molecule has 0 aliphatic carbocycles. The van der Waals surface area contributed by atoms with E-state index in [0.717, 1.165) is 31.5 Å². The zero-order valence-corrected chi connectivity index (χ0v) is 12.0. The van der Waals surface area contributed by atoms with E-state index in [1.807, 2.05) is 16.5 Å². The van der Waals surface area contributed by atoms with Crippen molar-refractivity contribution in [3.63, 3.8) is 0 Å². The normalized spacial score (nSPS) is 18.7. The lowest BCUT2D eigenvalue weighted by molar-refractivity contribution is 0.0670. The molecule has 1 aliphatic heterocycles. The van der Waals surface area contributed by atoms with E-state index >= 15 is 0 Å². The van der Waals surface area contributed by atoms with Crippen LogP contribution in [0.4, 0.5) is 0 Å². The Balaban J connectivity index is 1.78. The predicted molar refractivity (Wildman–Crippen MR) is 75.6 cm³/mol. The zero-order chi connectivity index (χ0) is 14.7. The van der Waals surface area contributed by atoms with Crippen LogP contribution in [0, 0.1) is 0 Å². The highest BCUT2D eigenvalue weighted by Crippen LogP contribution is 2.22. The topological polar surface area (TPSA) is 76.8 Å². The Morgan fingerprint density at radius 2 is 2.29 bits per heavy atom. The summed E-state index contributed by atoms with van der Waals surface area (Å²) in [6.07, 6.45) is 9.05. The van der Waals surface area contributed by atoms with Crippen LogP contribution in [0.3, 0.4) is 0 Å². The molecule has 0 radical (unpaired) electrons. The maximum Gasteiger partial charge on any atom is 0.257 e. The van der Waals surface area contributed by atoms with Crippen LogP contribution < -0.4 is 0 Å². The van der Waals surface area contributed by atoms with Crippen molar-refractivity contribution >= 4 is 5.91 Å². The number of carbonyl (C=O) groups is 1. The standard InChI is InChI=1S/C14H18N6O/c1-2-13-12(6-15-8-17-13)14(21)19-5-3-4-11(7-19)20-10-16-9-18-20/h6,8-11H,2-5,7H2,1H3. The molecule has 3 heterocycles. The number of rotatable bonds is 3. The molecule has 0 bridgehead atoms. The third-order valence-electron chi connectivity index (χ3n) is 3.85. The van der Waals surface area contributed by atoms with Gasteiger partial charge in [-0.3, -0.25) is 4.79 Å². The van der Waals surface area contributed by atoms with Crippen molar-refractivity contribution in [2.24, 2.45) is 0 Å². The van der Waals surface area contributed by atoms with Gasteiger partial charge in [-0.15, -0.1) is 0 Å². The molecular weight excluding hydrogens is 268 g/mol. The molecule has 0 spiro atoms. The summed E-state index contributed by atoms with van der Waals surface area (Å²) in [5, 5.41) is 4.18. The highest BCUT2D eigenvalue weighted by molar-refractivity contribution is 5.95. The van der Waals surface area contributed by atoms with E-state index in [0.29, 0.717) is 12.1 Å². The number of carbonyl (C=O) groups excluding carboxylic acids is 1. The van der Waals surface area contributed by atoms with E-state index in [2.05, 4.69) is 20.1 Å². The Hall–Kier alpha value is -2.31. The fourth-order valence-corrected chi connectivity index (χ4v) is 2.75. The van der Waals surface area contributed by atoms with Crippen LogP contribution in [0.2, 0.25) is 0 Å². The molecule has 3 rings (SSSR count). The lowest BCUT2D eigenvalue weighted by Gasteiger charge is -2.32. The minimum Gasteiger partial charge on any atom is -0.336 e. The van der Waals surface area contributed by atoms with E-state index < -0.39 is 0 Å². The summed E-state index contributed by atoms with van der Waals surface area (Å²) in [4.78, 5) is 26.7. The van der Waals surface area contributed by atoms with Crippen LogP contribution in [0.1, 0.15) is 41.9 Å². The first kappa shape index (κ1) is 13.7. The van der Waals surface area contributed by atoms with Gasteiger partial charge in [0.2, 0.25) is 0 Å². The fourth-order valence-electron chi connectivity index (χ4n) is 2.75. The van der Waals surface area contributed by atoms with E-state index in [1.165, 1.54) is 12.7 Å². The average molecular weight is 286 g/mol. The number of amides is 1. The largest absolute Gasteiger partial charge is 0.336 e. The van der Waals surface area contributed by atoms with Crippen molar-refractivity contribution in [1.82, 2.24) is 29.6 Å². The third kappa shape index (κ3) is 2.76. The van der Waals surface area contributed by atoms with Gasteiger partial charge < -0.3 is 4.90 Å². The molecule has 1 unspecified atom stereocenters. The molecule has 7 heteroatoms. The monoisotopic (exact) mass is 286 g/mol. The molecule has 2 aromatic heterocycles. The maximum absolute atomic E-state index is 12.7. The van der Waals surface area contributed by atoms with Gasteiger partial charge in [-0.05, 0) is 19.3 Å². The molecule has 1 amide bonds. The van der Waals surface area contributed by atoms with Gasteiger partial charge in [0.25, 0.3) is 5.91 Å². The Kier molecular flexibility index (Phi) is 3.89. The number of nitrogens with zero attached hydrogens (tertiary/aromatic N) is 6. The maximum atomic E-state index is 12.7. The van der Waals surface area contributed by atoms with Gasteiger partial charge in [-0.1, -0.05) is 6.92 Å². The molecule has 110 valence electrons. The SMILES string of the molecule is CCc1ncncc1C(=O)N1CCCC(n2cncn2)C1. The molecule has 1 saturated heterocycles. The summed E-state index contributed by atoms with van der Waals surface area (Å²) in [5.41, 5.74) is 1.41. The summed E-state index contributed by atoms with van der Waals surface area (Å²) in [7, 11) is 0. The second kappa shape index (κ2) is 5.99. The summed E-state index contributed by atoms with van der Waals surface area (Å²) < 4.78 is 1.83. The molecule has 7 nitrogen and oxygen atoms in total. The minimum absolute atomic E-state index is 0.0114. The van der Waals surface area contributed by atoms with Crippen LogP contribution in [0.25, 0.3) is 0 Å². The van der Waals surface area contributed by atoms with E-state index in [1.54, 1.807) is 12.5 Å². The Labute approximate surface area is 123 Å². The van der Waals surface area contributed by atoms with Crippen molar-refractivity contribution in [3.05, 3.63) is 36.4 Å². The average Bonchev–Trinajstić information content (AvgIpc) is 3.09. The van der Waals surface area contributed by atoms with Gasteiger partial charge >= 0.3 is 0 Å². The summed E-state index contributed by atoms with van der Waals surface area (Å²) in [5.74, 6) is 0.0114. The van der Waals surface area contributed by atoms with E-state index in [-0.39, 0.29) is 11.9 Å². The Morgan fingerprint density at radius 1 is 1.38 bits per heavy atom. The van der Waals surface area contributed by atoms with Crippen LogP contribution in [-0.2, 0) is 6.42 Å². The highest BCUT2D eigenvalue weighted by atomic mass is 16.2. The predicted octanol–water partition coefficient (Wildman–Crippen LogP) is 1.11. The van der Waals surface area contributed by atoms with Crippen molar-refractivity contribution in [2.45, 2.75) is 32.2 Å². The van der Waals surface area contributed by atoms with Crippen molar-refractivity contribution in [2.75, 3.05) is 13.1 Å². The summed E-state index contributed by atoms with van der Waals surface area (Å²) in [6.45, 7) is 3.41. The smallest absolute Gasteiger partial charge is 0.257 e. The molecular formula is C14H18N6O. The van der Waals surface area contributed by atoms with Crippen molar-refractivity contribution in [3.8, 4) is 0 Å². The Bertz CT molecular complexity index is 612. The van der Waals surface area contributed by atoms with Crippen LogP contribution in [-0.4, -0.2) is 48.6 Å². The first-order chi connectivity index (χ1) is 10.3. The quantitative estimate of drug-likeness (QED) is 0.844. The first-order valence-electron chi connectivity index (χ1n) is 7.22. The summed E-state index contributed by atoms with van der Waals surface area (Å²) >= 11 is 0. The van der Waals surface area contributed by atoms with E-state index in [9.17, 15) is 4.79 Å². The van der Waals surface area contributed by atoms with Gasteiger partial charge in [-0.2, -0.15) is 5.10 Å². The summed E-state index contributed by atoms with van der Waals surface area (Å²) in [6, 6.07) is 0.194. The van der Waals surface area contributed by atoms with Crippen LogP contribution in [0.5, 0.6) is 0 Å². The number of aryl methyl sites for hydroxylation is 1. The van der Waals surface area contributed by atoms with Crippen molar-refractivity contribution in [1.29, 1.82) is 0 Å². The first-order valence-corrected chi connectivity index (χ1v) is 7.22. The van der Waals surface area contributed by atoms with Gasteiger partial charge in [0, 0.05) is 19.3 Å². The Morgan fingerprint density at radius 3 is 3.05 bits per heavy atom. The number of hydrogen-bond donors (Lipinski definition) is 0. The minimum atomic E-state index is 0.0114. The molecule has 0 saturated carbocycles. The number of hydrogen-bond acceptors (Lipinski definition) is 5. The molecule has 2 aromatic rings. The lowest BCUT2D eigenvalue weighted by atomic mass is 10.0.